The van der Waals surface area contributed by atoms with Crippen molar-refractivity contribution in [3.63, 3.8) is 0 Å². The van der Waals surface area contributed by atoms with Gasteiger partial charge in [0.2, 0.25) is 0 Å². The first-order chi connectivity index (χ1) is 4.06. The van der Waals surface area contributed by atoms with Gasteiger partial charge in [0, 0.05) is 16.7 Å². The van der Waals surface area contributed by atoms with E-state index in [1.807, 2.05) is 12.2 Å². The molecule has 0 saturated heterocycles. The van der Waals surface area contributed by atoms with E-state index < -0.39 is 3.79 Å². The van der Waals surface area contributed by atoms with Gasteiger partial charge in [-0.05, 0) is 6.04 Å². The highest BCUT2D eigenvalue weighted by Crippen LogP contribution is 2.30. The number of hydrogen-bond acceptors (Lipinski definition) is 0. The van der Waals surface area contributed by atoms with Gasteiger partial charge in [0.05, 0.1) is 0 Å². The lowest BCUT2D eigenvalue weighted by Gasteiger charge is -2.04. The number of rotatable bonds is 2. The second-order valence-corrected chi connectivity index (χ2v) is 5.03. The first-order valence-corrected chi connectivity index (χ1v) is 5.33. The minimum Gasteiger partial charge on any atom is -0.0919 e. The molecule has 0 atom stereocenters. The Morgan fingerprint density at radius 2 is 1.78 bits per heavy atom. The van der Waals surface area contributed by atoms with Crippen LogP contribution in [0.2, 0.25) is 6.04 Å². The van der Waals surface area contributed by atoms with Crippen LogP contribution in [0.4, 0.5) is 0 Å². The number of halogens is 3. The maximum Gasteiger partial charge on any atom is 0.194 e. The quantitative estimate of drug-likeness (QED) is 0.366. The average Bonchev–Trinajstić information content (AvgIpc) is 1.63. The third-order valence-corrected chi connectivity index (χ3v) is 1.69. The second kappa shape index (κ2) is 4.61. The predicted molar refractivity (Wildman–Crippen MR) is 48.8 cm³/mol. The Morgan fingerprint density at radius 1 is 1.22 bits per heavy atom. The fraction of sp³-hybridized carbons (Fsp3) is 0.600. The second-order valence-electron chi connectivity index (χ2n) is 1.70. The van der Waals surface area contributed by atoms with Crippen molar-refractivity contribution in [3.05, 3.63) is 12.2 Å². The first-order valence-electron chi connectivity index (χ1n) is 2.78. The van der Waals surface area contributed by atoms with Crippen molar-refractivity contribution < 1.29 is 0 Å². The van der Waals surface area contributed by atoms with Gasteiger partial charge in [0.25, 0.3) is 0 Å². The molecule has 0 aliphatic heterocycles. The lowest BCUT2D eigenvalue weighted by atomic mass is 10.4. The molecule has 0 radical (unpaired) electrons. The molecule has 0 heterocycles. The lowest BCUT2D eigenvalue weighted by Crippen LogP contribution is -1.97. The maximum absolute atomic E-state index is 5.46. The van der Waals surface area contributed by atoms with E-state index in [1.54, 1.807) is 0 Å². The molecular weight excluding hydrogens is 194 g/mol. The van der Waals surface area contributed by atoms with Gasteiger partial charge in [-0.2, -0.15) is 0 Å². The fourth-order valence-corrected chi connectivity index (χ4v) is 0.984. The van der Waals surface area contributed by atoms with Crippen LogP contribution in [0.5, 0.6) is 0 Å². The van der Waals surface area contributed by atoms with Crippen molar-refractivity contribution in [1.29, 1.82) is 0 Å². The molecule has 0 nitrogen and oxygen atoms in total. The summed E-state index contributed by atoms with van der Waals surface area (Å²) >= 11 is 16.4. The third-order valence-electron chi connectivity index (χ3n) is 0.752. The van der Waals surface area contributed by atoms with E-state index in [2.05, 4.69) is 0 Å². The van der Waals surface area contributed by atoms with Crippen molar-refractivity contribution in [2.45, 2.75) is 16.3 Å². The molecule has 0 unspecified atom stereocenters. The Bertz CT molecular complexity index is 94.9. The average molecular weight is 204 g/mol. The molecular formula is C5H9Cl3Si. The highest BCUT2D eigenvalue weighted by molar-refractivity contribution is 6.67. The van der Waals surface area contributed by atoms with Gasteiger partial charge in [-0.25, -0.2) is 0 Å². The number of alkyl halides is 3. The minimum atomic E-state index is -1.10. The Morgan fingerprint density at radius 3 is 2.11 bits per heavy atom. The van der Waals surface area contributed by atoms with Crippen LogP contribution in [0.3, 0.4) is 0 Å². The van der Waals surface area contributed by atoms with Crippen molar-refractivity contribution in [3.8, 4) is 0 Å². The van der Waals surface area contributed by atoms with E-state index in [9.17, 15) is 0 Å². The molecule has 0 rings (SSSR count). The van der Waals surface area contributed by atoms with Crippen LogP contribution >= 0.6 is 34.8 Å². The van der Waals surface area contributed by atoms with Gasteiger partial charge in [-0.15, -0.1) is 0 Å². The summed E-state index contributed by atoms with van der Waals surface area (Å²) in [7, 11) is 1.17. The number of hydrogen-bond donors (Lipinski definition) is 0. The highest BCUT2D eigenvalue weighted by atomic mass is 35.6. The molecule has 0 aliphatic carbocycles. The normalized spacial score (nSPS) is 13.2. The van der Waals surface area contributed by atoms with Gasteiger partial charge < -0.3 is 0 Å². The van der Waals surface area contributed by atoms with E-state index in [0.717, 1.165) is 6.04 Å². The molecule has 0 aromatic rings. The zero-order valence-electron chi connectivity index (χ0n) is 5.20. The van der Waals surface area contributed by atoms with Gasteiger partial charge in [0.1, 0.15) is 0 Å². The molecule has 54 valence electrons. The van der Waals surface area contributed by atoms with Crippen molar-refractivity contribution in [2.75, 3.05) is 0 Å². The summed E-state index contributed by atoms with van der Waals surface area (Å²) in [6.07, 6.45) is 4.45. The van der Waals surface area contributed by atoms with E-state index in [4.69, 9.17) is 34.8 Å². The molecule has 0 amide bonds. The Balaban J connectivity index is 3.38. The van der Waals surface area contributed by atoms with E-state index in [0.29, 0.717) is 6.42 Å². The maximum atomic E-state index is 5.46. The molecule has 0 N–H and O–H groups in total. The van der Waals surface area contributed by atoms with Crippen LogP contribution in [0.1, 0.15) is 6.42 Å². The van der Waals surface area contributed by atoms with Gasteiger partial charge in [0.15, 0.2) is 3.79 Å². The topological polar surface area (TPSA) is 0 Å². The zero-order chi connectivity index (χ0) is 7.33. The van der Waals surface area contributed by atoms with Crippen LogP contribution in [0.25, 0.3) is 0 Å². The molecule has 0 aliphatic rings. The van der Waals surface area contributed by atoms with Crippen molar-refractivity contribution in [2.24, 2.45) is 0 Å². The first kappa shape index (κ1) is 9.83. The van der Waals surface area contributed by atoms with Gasteiger partial charge >= 0.3 is 0 Å². The predicted octanol–water partition coefficient (Wildman–Crippen LogP) is 2.09. The molecule has 0 spiro atoms. The molecule has 4 heteroatoms. The van der Waals surface area contributed by atoms with Crippen LogP contribution in [0, 0.1) is 0 Å². The van der Waals surface area contributed by atoms with Crippen molar-refractivity contribution >= 4 is 45.0 Å². The smallest absolute Gasteiger partial charge is 0.0919 e. The van der Waals surface area contributed by atoms with Crippen LogP contribution in [-0.2, 0) is 0 Å². The van der Waals surface area contributed by atoms with Crippen molar-refractivity contribution in [1.82, 2.24) is 0 Å². The third kappa shape index (κ3) is 8.83. The Kier molecular flexibility index (Phi) is 5.04. The summed E-state index contributed by atoms with van der Waals surface area (Å²) in [5, 5.41) is 0. The Hall–Kier alpha value is 0.827. The number of allylic oxidation sites excluding steroid dienone is 2. The molecule has 0 aromatic carbocycles. The summed E-state index contributed by atoms with van der Waals surface area (Å²) in [6.45, 7) is 0. The Labute approximate surface area is 73.6 Å². The monoisotopic (exact) mass is 202 g/mol. The molecule has 0 aromatic heterocycles. The molecule has 0 saturated carbocycles. The molecule has 0 fully saturated rings. The SMILES string of the molecule is [SiH3]C/C=C/CC(Cl)(Cl)Cl. The van der Waals surface area contributed by atoms with Crippen LogP contribution in [0.15, 0.2) is 12.2 Å². The molecule has 9 heavy (non-hydrogen) atoms. The summed E-state index contributed by atoms with van der Waals surface area (Å²) in [5.74, 6) is 0. The summed E-state index contributed by atoms with van der Waals surface area (Å²) in [4.78, 5) is 0. The zero-order valence-corrected chi connectivity index (χ0v) is 9.47. The van der Waals surface area contributed by atoms with E-state index in [-0.39, 0.29) is 0 Å². The summed E-state index contributed by atoms with van der Waals surface area (Å²) in [5.41, 5.74) is 0. The molecule has 0 bridgehead atoms. The fourth-order valence-electron chi connectivity index (χ4n) is 0.384. The summed E-state index contributed by atoms with van der Waals surface area (Å²) in [6, 6.07) is 1.13. The van der Waals surface area contributed by atoms with Crippen LogP contribution in [-0.4, -0.2) is 14.0 Å². The van der Waals surface area contributed by atoms with Gasteiger partial charge in [-0.1, -0.05) is 47.0 Å². The van der Waals surface area contributed by atoms with Gasteiger partial charge in [-0.3, -0.25) is 0 Å². The highest BCUT2D eigenvalue weighted by Gasteiger charge is 2.15. The lowest BCUT2D eigenvalue weighted by molar-refractivity contribution is 1.07. The van der Waals surface area contributed by atoms with Crippen LogP contribution < -0.4 is 0 Å². The largest absolute Gasteiger partial charge is 0.194 e. The van der Waals surface area contributed by atoms with E-state index in [1.165, 1.54) is 10.2 Å². The standard InChI is InChI=1S/C5H9Cl3Si/c6-5(7,8)3-1-2-4-9/h1-2H,3-4H2,9H3/b2-1+. The minimum absolute atomic E-state index is 0.514. The summed E-state index contributed by atoms with van der Waals surface area (Å²) < 4.78 is -1.10. The van der Waals surface area contributed by atoms with E-state index >= 15 is 0 Å².